The van der Waals surface area contributed by atoms with Gasteiger partial charge in [0, 0.05) is 47.1 Å². The molecule has 1 fully saturated rings. The Morgan fingerprint density at radius 3 is 2.62 bits per heavy atom. The van der Waals surface area contributed by atoms with Crippen LogP contribution in [0.5, 0.6) is 5.75 Å². The van der Waals surface area contributed by atoms with Crippen LogP contribution in [0.2, 0.25) is 0 Å². The van der Waals surface area contributed by atoms with E-state index in [-0.39, 0.29) is 12.0 Å². The molecule has 0 radical (unpaired) electrons. The van der Waals surface area contributed by atoms with Gasteiger partial charge in [0.15, 0.2) is 5.65 Å². The summed E-state index contributed by atoms with van der Waals surface area (Å²) in [6.45, 7) is 2.68. The van der Waals surface area contributed by atoms with E-state index in [1.807, 2.05) is 41.8 Å². The van der Waals surface area contributed by atoms with Crippen molar-refractivity contribution in [3.05, 3.63) is 85.2 Å². The predicted molar refractivity (Wildman–Crippen MR) is 164 cm³/mol. The monoisotopic (exact) mass is 612 g/mol. The molecule has 1 unspecified atom stereocenters. The largest absolute Gasteiger partial charge is 0.573 e. The number of aromatic nitrogens is 6. The maximum absolute atomic E-state index is 12.8. The van der Waals surface area contributed by atoms with Crippen molar-refractivity contribution in [3.8, 4) is 17.0 Å². The number of ether oxygens (including phenoxy) is 2. The quantitative estimate of drug-likeness (QED) is 0.186. The highest BCUT2D eigenvalue weighted by Crippen LogP contribution is 2.37. The summed E-state index contributed by atoms with van der Waals surface area (Å²) in [5, 5.41) is 8.23. The molecule has 228 valence electrons. The lowest BCUT2D eigenvalue weighted by atomic mass is 10.0. The molecular formula is C32H27F3N8O2. The summed E-state index contributed by atoms with van der Waals surface area (Å²) in [6, 6.07) is 15.1. The highest BCUT2D eigenvalue weighted by Gasteiger charge is 2.31. The van der Waals surface area contributed by atoms with E-state index in [1.54, 1.807) is 24.8 Å². The molecule has 1 atom stereocenters. The predicted octanol–water partition coefficient (Wildman–Crippen LogP) is 7.83. The van der Waals surface area contributed by atoms with Crippen LogP contribution < -0.4 is 15.4 Å². The molecule has 0 amide bonds. The first-order valence-corrected chi connectivity index (χ1v) is 14.4. The molecular weight excluding hydrogens is 585 g/mol. The number of halogens is 3. The Labute approximate surface area is 255 Å². The van der Waals surface area contributed by atoms with E-state index in [4.69, 9.17) is 4.74 Å². The molecule has 1 aliphatic rings. The Kier molecular flexibility index (Phi) is 7.37. The van der Waals surface area contributed by atoms with E-state index in [1.165, 1.54) is 24.5 Å². The maximum atomic E-state index is 12.8. The minimum absolute atomic E-state index is 0.118. The molecule has 0 bridgehead atoms. The van der Waals surface area contributed by atoms with Crippen LogP contribution in [0.3, 0.4) is 0 Å². The van der Waals surface area contributed by atoms with Gasteiger partial charge in [0.05, 0.1) is 12.0 Å². The van der Waals surface area contributed by atoms with Crippen molar-refractivity contribution in [3.63, 3.8) is 0 Å². The number of pyridine rings is 2. The van der Waals surface area contributed by atoms with Gasteiger partial charge in [-0.15, -0.1) is 13.2 Å². The van der Waals surface area contributed by atoms with Crippen LogP contribution in [-0.2, 0) is 4.74 Å². The molecule has 10 nitrogen and oxygen atoms in total. The highest BCUT2D eigenvalue weighted by molar-refractivity contribution is 6.03. The van der Waals surface area contributed by atoms with Crippen LogP contribution in [0.1, 0.15) is 31.1 Å². The van der Waals surface area contributed by atoms with Crippen LogP contribution in [0.4, 0.5) is 36.2 Å². The van der Waals surface area contributed by atoms with Gasteiger partial charge in [0.1, 0.15) is 41.2 Å². The minimum atomic E-state index is -4.79. The van der Waals surface area contributed by atoms with Crippen LogP contribution in [-0.4, -0.2) is 42.5 Å². The third-order valence-electron chi connectivity index (χ3n) is 7.62. The third kappa shape index (κ3) is 5.81. The van der Waals surface area contributed by atoms with Crippen LogP contribution in [0.15, 0.2) is 79.6 Å². The van der Waals surface area contributed by atoms with Crippen molar-refractivity contribution in [2.24, 2.45) is 0 Å². The molecule has 13 heteroatoms. The summed E-state index contributed by atoms with van der Waals surface area (Å²) in [5.41, 5.74) is 4.84. The summed E-state index contributed by atoms with van der Waals surface area (Å²) < 4.78 is 50.4. The Balaban J connectivity index is 1.24. The van der Waals surface area contributed by atoms with Crippen molar-refractivity contribution < 1.29 is 22.6 Å². The molecule has 0 spiro atoms. The molecule has 45 heavy (non-hydrogen) atoms. The molecule has 2 aromatic carbocycles. The fraction of sp³-hybridized carbons (Fsp3) is 0.219. The second-order valence-electron chi connectivity index (χ2n) is 10.6. The van der Waals surface area contributed by atoms with Gasteiger partial charge in [-0.25, -0.2) is 24.9 Å². The molecule has 1 aliphatic heterocycles. The number of fused-ring (bicyclic) bond motifs is 2. The number of hydrogen-bond donors (Lipinski definition) is 2. The minimum Gasteiger partial charge on any atom is -0.406 e. The zero-order valence-corrected chi connectivity index (χ0v) is 24.0. The Morgan fingerprint density at radius 1 is 0.889 bits per heavy atom. The van der Waals surface area contributed by atoms with Crippen molar-refractivity contribution in [1.29, 1.82) is 0 Å². The van der Waals surface area contributed by atoms with Crippen molar-refractivity contribution in [2.75, 3.05) is 17.2 Å². The van der Waals surface area contributed by atoms with Gasteiger partial charge in [-0.05, 0) is 62.1 Å². The van der Waals surface area contributed by atoms with E-state index < -0.39 is 6.36 Å². The standard InChI is InChI=1S/C32H27F3N8O2/c1-19-10-11-23-22(12-14-37-29(23)41-20-6-4-7-21(16-20)45-32(33,34)35)26(19)42-30-24(8-5-13-36-30)27-28-31(39-17-38-27)43(18-40-28)25-9-2-3-15-44-25/h4-8,10-14,16-18,25H,2-3,9,15H2,1H3,(H,36,42)(H,37,41). The van der Waals surface area contributed by atoms with Gasteiger partial charge >= 0.3 is 6.36 Å². The molecule has 5 heterocycles. The second-order valence-corrected chi connectivity index (χ2v) is 10.6. The van der Waals surface area contributed by atoms with Crippen LogP contribution in [0.25, 0.3) is 33.2 Å². The first-order chi connectivity index (χ1) is 21.8. The van der Waals surface area contributed by atoms with E-state index in [9.17, 15) is 13.2 Å². The normalized spacial score (nSPS) is 15.3. The zero-order valence-electron chi connectivity index (χ0n) is 24.0. The average molecular weight is 613 g/mol. The number of benzene rings is 2. The summed E-state index contributed by atoms with van der Waals surface area (Å²) >= 11 is 0. The number of nitrogens with one attached hydrogen (secondary N) is 2. The molecule has 0 aliphatic carbocycles. The van der Waals surface area contributed by atoms with E-state index in [0.717, 1.165) is 46.8 Å². The topological polar surface area (TPSA) is 112 Å². The fourth-order valence-corrected chi connectivity index (χ4v) is 5.55. The van der Waals surface area contributed by atoms with Gasteiger partial charge in [-0.1, -0.05) is 18.2 Å². The Hall–Kier alpha value is -5.30. The number of hydrogen-bond acceptors (Lipinski definition) is 9. The SMILES string of the molecule is Cc1ccc2c(Nc3cccc(OC(F)(F)F)c3)nccc2c1Nc1ncccc1-c1ncnc2c1ncn2C1CCCCO1. The lowest BCUT2D eigenvalue weighted by molar-refractivity contribution is -0.274. The molecule has 0 saturated carbocycles. The van der Waals surface area contributed by atoms with E-state index in [2.05, 4.69) is 40.3 Å². The molecule has 1 saturated heterocycles. The van der Waals surface area contributed by atoms with Gasteiger partial charge < -0.3 is 20.1 Å². The molecule has 6 aromatic rings. The summed E-state index contributed by atoms with van der Waals surface area (Å²) in [6.07, 6.45) is 4.72. The van der Waals surface area contributed by atoms with Crippen molar-refractivity contribution in [2.45, 2.75) is 38.8 Å². The Bertz CT molecular complexity index is 2010. The average Bonchev–Trinajstić information content (AvgIpc) is 3.47. The van der Waals surface area contributed by atoms with Crippen LogP contribution in [0, 0.1) is 6.92 Å². The number of aryl methyl sites for hydroxylation is 1. The number of nitrogens with zero attached hydrogens (tertiary/aromatic N) is 6. The first-order valence-electron chi connectivity index (χ1n) is 14.4. The van der Waals surface area contributed by atoms with Crippen LogP contribution >= 0.6 is 0 Å². The first kappa shape index (κ1) is 28.5. The number of alkyl halides is 3. The lowest BCUT2D eigenvalue weighted by Crippen LogP contribution is -2.17. The van der Waals surface area contributed by atoms with Gasteiger partial charge in [-0.2, -0.15) is 0 Å². The van der Waals surface area contributed by atoms with Gasteiger partial charge in [0.25, 0.3) is 0 Å². The summed E-state index contributed by atoms with van der Waals surface area (Å²) in [4.78, 5) is 22.9. The maximum Gasteiger partial charge on any atom is 0.573 e. The van der Waals surface area contributed by atoms with Gasteiger partial charge in [0.2, 0.25) is 0 Å². The summed E-state index contributed by atoms with van der Waals surface area (Å²) in [5.74, 6) is 0.706. The smallest absolute Gasteiger partial charge is 0.406 e. The zero-order chi connectivity index (χ0) is 31.0. The molecule has 2 N–H and O–H groups in total. The lowest BCUT2D eigenvalue weighted by Gasteiger charge is -2.23. The molecule has 4 aromatic heterocycles. The number of anilines is 4. The summed E-state index contributed by atoms with van der Waals surface area (Å²) in [7, 11) is 0. The highest BCUT2D eigenvalue weighted by atomic mass is 19.4. The second kappa shape index (κ2) is 11.7. The van der Waals surface area contributed by atoms with E-state index >= 15 is 0 Å². The van der Waals surface area contributed by atoms with Gasteiger partial charge in [-0.3, -0.25) is 4.57 Å². The fourth-order valence-electron chi connectivity index (χ4n) is 5.55. The molecule has 7 rings (SSSR count). The van der Waals surface area contributed by atoms with E-state index in [0.29, 0.717) is 40.8 Å². The van der Waals surface area contributed by atoms with Crippen molar-refractivity contribution >= 4 is 44.9 Å². The number of rotatable bonds is 7. The third-order valence-corrected chi connectivity index (χ3v) is 7.62. The van der Waals surface area contributed by atoms with Crippen molar-refractivity contribution in [1.82, 2.24) is 29.5 Å². The Morgan fingerprint density at radius 2 is 1.78 bits per heavy atom. The number of imidazole rings is 1.